The van der Waals surface area contributed by atoms with Crippen molar-refractivity contribution < 1.29 is 28.6 Å². The van der Waals surface area contributed by atoms with Crippen molar-refractivity contribution in [2.75, 3.05) is 13.2 Å². The van der Waals surface area contributed by atoms with Crippen LogP contribution in [0.15, 0.2) is 0 Å². The molecule has 0 aliphatic rings. The van der Waals surface area contributed by atoms with Crippen LogP contribution in [0.1, 0.15) is 291 Å². The summed E-state index contributed by atoms with van der Waals surface area (Å²) in [5.41, 5.74) is 0. The van der Waals surface area contributed by atoms with Crippen LogP contribution < -0.4 is 0 Å². The third-order valence-electron chi connectivity index (χ3n) is 12.0. The molecule has 0 heterocycles. The van der Waals surface area contributed by atoms with Gasteiger partial charge in [0.15, 0.2) is 6.10 Å². The Morgan fingerprint density at radius 1 is 0.322 bits per heavy atom. The summed E-state index contributed by atoms with van der Waals surface area (Å²) >= 11 is 0. The molecule has 0 aliphatic carbocycles. The van der Waals surface area contributed by atoms with Gasteiger partial charge in [-0.05, 0) is 31.1 Å². The molecule has 0 saturated heterocycles. The summed E-state index contributed by atoms with van der Waals surface area (Å²) in [5, 5.41) is 0. The normalized spacial score (nSPS) is 12.1. The van der Waals surface area contributed by atoms with Gasteiger partial charge >= 0.3 is 17.9 Å². The standard InChI is InChI=1S/C53H102O6/c1-6-7-8-9-10-11-12-18-25-30-35-40-45-53(56)59-50(47-58-52(55)44-39-34-29-24-20-15-17-22-27-32-37-42-49(4)5)46-57-51(54)43-38-33-28-23-19-14-13-16-21-26-31-36-41-48(2)3/h48-50H,6-47H2,1-5H3/t50-/m1/s1. The number of esters is 3. The van der Waals surface area contributed by atoms with Crippen LogP contribution in [0.2, 0.25) is 0 Å². The molecule has 0 aromatic heterocycles. The summed E-state index contributed by atoms with van der Waals surface area (Å²) in [6.07, 6.45) is 46.5. The molecule has 0 rings (SSSR count). The Hall–Kier alpha value is -1.59. The maximum atomic E-state index is 12.8. The maximum Gasteiger partial charge on any atom is 0.306 e. The van der Waals surface area contributed by atoms with Gasteiger partial charge in [-0.3, -0.25) is 14.4 Å². The average molecular weight is 835 g/mol. The Balaban J connectivity index is 4.30. The first-order valence-electron chi connectivity index (χ1n) is 26.2. The van der Waals surface area contributed by atoms with E-state index in [4.69, 9.17) is 14.2 Å². The lowest BCUT2D eigenvalue weighted by Gasteiger charge is -2.18. The molecule has 0 unspecified atom stereocenters. The van der Waals surface area contributed by atoms with Gasteiger partial charge in [0.25, 0.3) is 0 Å². The second-order valence-electron chi connectivity index (χ2n) is 19.1. The molecule has 6 heteroatoms. The monoisotopic (exact) mass is 835 g/mol. The predicted octanol–water partition coefficient (Wildman–Crippen LogP) is 16.9. The zero-order valence-corrected chi connectivity index (χ0v) is 40.4. The van der Waals surface area contributed by atoms with Gasteiger partial charge in [0.05, 0.1) is 0 Å². The molecule has 0 aliphatic heterocycles. The molecular weight excluding hydrogens is 733 g/mol. The van der Waals surface area contributed by atoms with Crippen molar-refractivity contribution in [1.29, 1.82) is 0 Å². The van der Waals surface area contributed by atoms with Crippen molar-refractivity contribution in [2.24, 2.45) is 11.8 Å². The van der Waals surface area contributed by atoms with E-state index in [-0.39, 0.29) is 31.1 Å². The highest BCUT2D eigenvalue weighted by Gasteiger charge is 2.19. The molecule has 1 atom stereocenters. The molecule has 0 spiro atoms. The Bertz CT molecular complexity index is 900. The average Bonchev–Trinajstić information content (AvgIpc) is 3.20. The van der Waals surface area contributed by atoms with E-state index in [0.29, 0.717) is 19.3 Å². The lowest BCUT2D eigenvalue weighted by molar-refractivity contribution is -0.167. The van der Waals surface area contributed by atoms with E-state index in [1.807, 2.05) is 0 Å². The molecular formula is C53H102O6. The fraction of sp³-hybridized carbons (Fsp3) is 0.943. The van der Waals surface area contributed by atoms with E-state index in [9.17, 15) is 14.4 Å². The van der Waals surface area contributed by atoms with E-state index < -0.39 is 6.10 Å². The summed E-state index contributed by atoms with van der Waals surface area (Å²) in [4.78, 5) is 37.9. The summed E-state index contributed by atoms with van der Waals surface area (Å²) in [6.45, 7) is 11.4. The Labute approximate surface area is 368 Å². The lowest BCUT2D eigenvalue weighted by atomic mass is 10.0. The van der Waals surface area contributed by atoms with Gasteiger partial charge in [-0.25, -0.2) is 0 Å². The summed E-state index contributed by atoms with van der Waals surface area (Å²) < 4.78 is 16.8. The van der Waals surface area contributed by atoms with Gasteiger partial charge in [0, 0.05) is 19.3 Å². The molecule has 0 radical (unpaired) electrons. The second kappa shape index (κ2) is 45.9. The van der Waals surface area contributed by atoms with E-state index in [1.54, 1.807) is 0 Å². The number of hydrogen-bond acceptors (Lipinski definition) is 6. The minimum absolute atomic E-state index is 0.0635. The fourth-order valence-electron chi connectivity index (χ4n) is 7.99. The van der Waals surface area contributed by atoms with Crippen molar-refractivity contribution in [3.8, 4) is 0 Å². The fourth-order valence-corrected chi connectivity index (χ4v) is 7.99. The number of carbonyl (C=O) groups excluding carboxylic acids is 3. The third-order valence-corrected chi connectivity index (χ3v) is 12.0. The molecule has 0 fully saturated rings. The molecule has 0 aromatic carbocycles. The zero-order valence-electron chi connectivity index (χ0n) is 40.4. The number of carbonyl (C=O) groups is 3. The minimum Gasteiger partial charge on any atom is -0.462 e. The molecule has 0 N–H and O–H groups in total. The number of ether oxygens (including phenoxy) is 3. The molecule has 0 aromatic rings. The smallest absolute Gasteiger partial charge is 0.306 e. The van der Waals surface area contributed by atoms with E-state index in [2.05, 4.69) is 34.6 Å². The van der Waals surface area contributed by atoms with Gasteiger partial charge < -0.3 is 14.2 Å². The second-order valence-corrected chi connectivity index (χ2v) is 19.1. The first kappa shape index (κ1) is 57.4. The van der Waals surface area contributed by atoms with Crippen LogP contribution in [0.4, 0.5) is 0 Å². The van der Waals surface area contributed by atoms with Gasteiger partial charge in [-0.2, -0.15) is 0 Å². The van der Waals surface area contributed by atoms with Crippen LogP contribution in [0.3, 0.4) is 0 Å². The molecule has 0 saturated carbocycles. The van der Waals surface area contributed by atoms with Crippen LogP contribution in [-0.4, -0.2) is 37.2 Å². The maximum absolute atomic E-state index is 12.8. The zero-order chi connectivity index (χ0) is 43.3. The SMILES string of the molecule is CCCCCCCCCCCCCCC(=O)O[C@H](COC(=O)CCCCCCCCCCCCCCC(C)C)COC(=O)CCCCCCCCCCCCCC(C)C. The first-order valence-corrected chi connectivity index (χ1v) is 26.2. The Morgan fingerprint density at radius 3 is 0.831 bits per heavy atom. The van der Waals surface area contributed by atoms with Crippen LogP contribution in [0, 0.1) is 11.8 Å². The first-order chi connectivity index (χ1) is 28.7. The van der Waals surface area contributed by atoms with Crippen molar-refractivity contribution in [3.05, 3.63) is 0 Å². The Morgan fingerprint density at radius 2 is 0.559 bits per heavy atom. The topological polar surface area (TPSA) is 78.9 Å². The highest BCUT2D eigenvalue weighted by atomic mass is 16.6. The molecule has 0 bridgehead atoms. The third kappa shape index (κ3) is 47.3. The van der Waals surface area contributed by atoms with Crippen molar-refractivity contribution in [1.82, 2.24) is 0 Å². The van der Waals surface area contributed by atoms with Crippen molar-refractivity contribution in [3.63, 3.8) is 0 Å². The van der Waals surface area contributed by atoms with Crippen LogP contribution >= 0.6 is 0 Å². The lowest BCUT2D eigenvalue weighted by Crippen LogP contribution is -2.30. The van der Waals surface area contributed by atoms with Crippen LogP contribution in [0.5, 0.6) is 0 Å². The molecule has 59 heavy (non-hydrogen) atoms. The minimum atomic E-state index is -0.761. The quantitative estimate of drug-likeness (QED) is 0.0345. The predicted molar refractivity (Wildman–Crippen MR) is 252 cm³/mol. The van der Waals surface area contributed by atoms with Crippen molar-refractivity contribution in [2.45, 2.75) is 298 Å². The number of unbranched alkanes of at least 4 members (excludes halogenated alkanes) is 32. The van der Waals surface area contributed by atoms with Crippen LogP contribution in [-0.2, 0) is 28.6 Å². The highest BCUT2D eigenvalue weighted by molar-refractivity contribution is 5.71. The summed E-state index contributed by atoms with van der Waals surface area (Å²) in [7, 11) is 0. The van der Waals surface area contributed by atoms with E-state index in [0.717, 1.165) is 69.6 Å². The van der Waals surface area contributed by atoms with Gasteiger partial charge in [0.1, 0.15) is 13.2 Å². The molecule has 0 amide bonds. The number of hydrogen-bond donors (Lipinski definition) is 0. The van der Waals surface area contributed by atoms with Crippen LogP contribution in [0.25, 0.3) is 0 Å². The van der Waals surface area contributed by atoms with Gasteiger partial charge in [0.2, 0.25) is 0 Å². The summed E-state index contributed by atoms with van der Waals surface area (Å²) in [5.74, 6) is 0.814. The molecule has 6 nitrogen and oxygen atoms in total. The number of rotatable bonds is 47. The van der Waals surface area contributed by atoms with Gasteiger partial charge in [-0.1, -0.05) is 253 Å². The molecule has 350 valence electrons. The van der Waals surface area contributed by atoms with E-state index in [1.165, 1.54) is 180 Å². The summed E-state index contributed by atoms with van der Waals surface area (Å²) in [6, 6.07) is 0. The largest absolute Gasteiger partial charge is 0.462 e. The van der Waals surface area contributed by atoms with Gasteiger partial charge in [-0.15, -0.1) is 0 Å². The van der Waals surface area contributed by atoms with E-state index >= 15 is 0 Å². The van der Waals surface area contributed by atoms with Crippen molar-refractivity contribution >= 4 is 17.9 Å². The highest BCUT2D eigenvalue weighted by Crippen LogP contribution is 2.17. The Kier molecular flexibility index (Phi) is 44.7.